The van der Waals surface area contributed by atoms with Gasteiger partial charge in [-0.2, -0.15) is 0 Å². The van der Waals surface area contributed by atoms with Crippen LogP contribution in [0.3, 0.4) is 0 Å². The maximum Gasteiger partial charge on any atom is 0.335 e. The molecule has 118 valence electrons. The van der Waals surface area contributed by atoms with Crippen LogP contribution in [0.25, 0.3) is 0 Å². The van der Waals surface area contributed by atoms with E-state index in [-0.39, 0.29) is 17.5 Å². The summed E-state index contributed by atoms with van der Waals surface area (Å²) in [5.41, 5.74) is 3.07. The fourth-order valence-corrected chi connectivity index (χ4v) is 3.29. The molecule has 0 saturated heterocycles. The molecule has 0 unspecified atom stereocenters. The number of nitrogens with zero attached hydrogens (tertiary/aromatic N) is 1. The quantitative estimate of drug-likeness (QED) is 0.943. The van der Waals surface area contributed by atoms with Crippen molar-refractivity contribution in [1.82, 2.24) is 4.90 Å². The highest BCUT2D eigenvalue weighted by Gasteiger charge is 2.30. The molecule has 0 spiro atoms. The van der Waals surface area contributed by atoms with E-state index in [0.29, 0.717) is 12.1 Å². The predicted molar refractivity (Wildman–Crippen MR) is 87.6 cm³/mol. The Morgan fingerprint density at radius 2 is 1.87 bits per heavy atom. The molecule has 1 N–H and O–H groups in total. The van der Waals surface area contributed by atoms with Crippen LogP contribution in [0.1, 0.15) is 51.2 Å². The van der Waals surface area contributed by atoms with E-state index in [1.807, 2.05) is 17.0 Å². The zero-order valence-corrected chi connectivity index (χ0v) is 13.0. The fraction of sp³-hybridized carbons (Fsp3) is 0.263. The van der Waals surface area contributed by atoms with E-state index >= 15 is 0 Å². The van der Waals surface area contributed by atoms with E-state index in [1.54, 1.807) is 12.1 Å². The number of carboxylic acid groups (broad SMARTS) is 1. The third kappa shape index (κ3) is 2.84. The van der Waals surface area contributed by atoms with Gasteiger partial charge in [0.15, 0.2) is 0 Å². The molecule has 3 rings (SSSR count). The van der Waals surface area contributed by atoms with Gasteiger partial charge in [0.1, 0.15) is 0 Å². The van der Waals surface area contributed by atoms with E-state index in [0.717, 1.165) is 12.8 Å². The fourth-order valence-electron chi connectivity index (χ4n) is 3.29. The summed E-state index contributed by atoms with van der Waals surface area (Å²) in [6.45, 7) is 2.73. The first-order chi connectivity index (χ1) is 11.1. The second kappa shape index (κ2) is 6.24. The Kier molecular flexibility index (Phi) is 4.15. The van der Waals surface area contributed by atoms with Gasteiger partial charge in [0.25, 0.3) is 5.91 Å². The second-order valence-electron chi connectivity index (χ2n) is 5.76. The number of carbonyl (C=O) groups is 2. The van der Waals surface area contributed by atoms with Crippen molar-refractivity contribution in [3.63, 3.8) is 0 Å². The van der Waals surface area contributed by atoms with Crippen LogP contribution in [-0.4, -0.2) is 28.4 Å². The molecule has 0 aliphatic carbocycles. The Bertz CT molecular complexity index is 754. The molecule has 4 heteroatoms. The lowest BCUT2D eigenvalue weighted by molar-refractivity contribution is 0.0655. The number of rotatable bonds is 3. The standard InChI is InChI=1S/C19H19NO3/c1-2-17-16-9-4-3-6-13(16)10-11-20(17)18(21)14-7-5-8-15(12-14)19(22)23/h3-9,12,17H,2,10-11H2,1H3,(H,22,23)/t17-/m0/s1. The topological polar surface area (TPSA) is 57.6 Å². The third-order valence-electron chi connectivity index (χ3n) is 4.42. The van der Waals surface area contributed by atoms with Gasteiger partial charge >= 0.3 is 5.97 Å². The molecule has 1 amide bonds. The van der Waals surface area contributed by atoms with Crippen molar-refractivity contribution in [2.75, 3.05) is 6.54 Å². The van der Waals surface area contributed by atoms with Crippen LogP contribution in [-0.2, 0) is 6.42 Å². The number of aromatic carboxylic acids is 1. The Morgan fingerprint density at radius 3 is 2.61 bits per heavy atom. The smallest absolute Gasteiger partial charge is 0.335 e. The minimum atomic E-state index is -1.02. The molecule has 0 fully saturated rings. The number of fused-ring (bicyclic) bond motifs is 1. The molecule has 1 atom stereocenters. The average Bonchev–Trinajstić information content (AvgIpc) is 2.60. The molecule has 0 radical (unpaired) electrons. The molecule has 0 saturated carbocycles. The Labute approximate surface area is 135 Å². The minimum Gasteiger partial charge on any atom is -0.478 e. The van der Waals surface area contributed by atoms with Crippen molar-refractivity contribution >= 4 is 11.9 Å². The predicted octanol–water partition coefficient (Wildman–Crippen LogP) is 3.53. The van der Waals surface area contributed by atoms with Gasteiger partial charge < -0.3 is 10.0 Å². The highest BCUT2D eigenvalue weighted by molar-refractivity contribution is 5.97. The number of carboxylic acids is 1. The Balaban J connectivity index is 1.94. The number of carbonyl (C=O) groups excluding carboxylic acids is 1. The van der Waals surface area contributed by atoms with Gasteiger partial charge in [-0.15, -0.1) is 0 Å². The Morgan fingerprint density at radius 1 is 1.13 bits per heavy atom. The summed E-state index contributed by atoms with van der Waals surface area (Å²) in [6.07, 6.45) is 1.67. The van der Waals surface area contributed by atoms with Gasteiger partial charge in [0, 0.05) is 12.1 Å². The molecular weight excluding hydrogens is 290 g/mol. The molecular formula is C19H19NO3. The van der Waals surface area contributed by atoms with Gasteiger partial charge in [-0.05, 0) is 42.2 Å². The van der Waals surface area contributed by atoms with E-state index in [9.17, 15) is 9.59 Å². The zero-order chi connectivity index (χ0) is 16.4. The van der Waals surface area contributed by atoms with E-state index in [4.69, 9.17) is 5.11 Å². The summed E-state index contributed by atoms with van der Waals surface area (Å²) in [6, 6.07) is 14.5. The van der Waals surface area contributed by atoms with E-state index in [1.165, 1.54) is 23.3 Å². The first kappa shape index (κ1) is 15.3. The summed E-state index contributed by atoms with van der Waals surface area (Å²) in [5.74, 6) is -1.12. The van der Waals surface area contributed by atoms with Crippen molar-refractivity contribution in [2.45, 2.75) is 25.8 Å². The molecule has 0 bridgehead atoms. The third-order valence-corrected chi connectivity index (χ3v) is 4.42. The normalized spacial score (nSPS) is 16.7. The SMILES string of the molecule is CC[C@H]1c2ccccc2CCN1C(=O)c1cccc(C(=O)O)c1. The van der Waals surface area contributed by atoms with Crippen LogP contribution in [0.4, 0.5) is 0 Å². The van der Waals surface area contributed by atoms with Gasteiger partial charge in [0.05, 0.1) is 11.6 Å². The van der Waals surface area contributed by atoms with Crippen LogP contribution >= 0.6 is 0 Å². The van der Waals surface area contributed by atoms with E-state index in [2.05, 4.69) is 19.1 Å². The van der Waals surface area contributed by atoms with E-state index < -0.39 is 5.97 Å². The maximum absolute atomic E-state index is 12.9. The Hall–Kier alpha value is -2.62. The van der Waals surface area contributed by atoms with Gasteiger partial charge in [-0.3, -0.25) is 4.79 Å². The molecule has 1 aliphatic heterocycles. The second-order valence-corrected chi connectivity index (χ2v) is 5.76. The van der Waals surface area contributed by atoms with Crippen LogP contribution in [0.2, 0.25) is 0 Å². The summed E-state index contributed by atoms with van der Waals surface area (Å²) in [4.78, 5) is 25.9. The number of hydrogen-bond acceptors (Lipinski definition) is 2. The lowest BCUT2D eigenvalue weighted by Gasteiger charge is -2.37. The molecule has 1 aliphatic rings. The summed E-state index contributed by atoms with van der Waals surface area (Å²) >= 11 is 0. The van der Waals surface area contributed by atoms with Gasteiger partial charge in [0.2, 0.25) is 0 Å². The number of amides is 1. The van der Waals surface area contributed by atoms with Crippen LogP contribution in [0.15, 0.2) is 48.5 Å². The molecule has 23 heavy (non-hydrogen) atoms. The zero-order valence-electron chi connectivity index (χ0n) is 13.0. The minimum absolute atomic E-state index is 0.0425. The monoisotopic (exact) mass is 309 g/mol. The number of benzene rings is 2. The van der Waals surface area contributed by atoms with Crippen molar-refractivity contribution < 1.29 is 14.7 Å². The molecule has 0 aromatic heterocycles. The van der Waals surface area contributed by atoms with Crippen LogP contribution < -0.4 is 0 Å². The molecule has 2 aromatic carbocycles. The van der Waals surface area contributed by atoms with Crippen molar-refractivity contribution in [1.29, 1.82) is 0 Å². The average molecular weight is 309 g/mol. The molecule has 2 aromatic rings. The highest BCUT2D eigenvalue weighted by atomic mass is 16.4. The largest absolute Gasteiger partial charge is 0.478 e. The van der Waals surface area contributed by atoms with Crippen molar-refractivity contribution in [3.8, 4) is 0 Å². The molecule has 1 heterocycles. The lowest BCUT2D eigenvalue weighted by Crippen LogP contribution is -2.39. The lowest BCUT2D eigenvalue weighted by atomic mass is 9.90. The summed E-state index contributed by atoms with van der Waals surface area (Å²) < 4.78 is 0. The first-order valence-corrected chi connectivity index (χ1v) is 7.84. The molecule has 4 nitrogen and oxygen atoms in total. The van der Waals surface area contributed by atoms with Crippen LogP contribution in [0, 0.1) is 0 Å². The van der Waals surface area contributed by atoms with Gasteiger partial charge in [-0.1, -0.05) is 37.3 Å². The highest BCUT2D eigenvalue weighted by Crippen LogP contribution is 2.33. The van der Waals surface area contributed by atoms with Crippen molar-refractivity contribution in [2.24, 2.45) is 0 Å². The maximum atomic E-state index is 12.9. The number of hydrogen-bond donors (Lipinski definition) is 1. The van der Waals surface area contributed by atoms with Crippen molar-refractivity contribution in [3.05, 3.63) is 70.8 Å². The van der Waals surface area contributed by atoms with Crippen LogP contribution in [0.5, 0.6) is 0 Å². The first-order valence-electron chi connectivity index (χ1n) is 7.84. The summed E-state index contributed by atoms with van der Waals surface area (Å²) in [5, 5.41) is 9.10. The summed E-state index contributed by atoms with van der Waals surface area (Å²) in [7, 11) is 0. The van der Waals surface area contributed by atoms with Gasteiger partial charge in [-0.25, -0.2) is 4.79 Å².